The zero-order valence-corrected chi connectivity index (χ0v) is 18.1. The summed E-state index contributed by atoms with van der Waals surface area (Å²) in [7, 11) is 0. The van der Waals surface area contributed by atoms with E-state index in [0.717, 1.165) is 36.5 Å². The molecule has 8 nitrogen and oxygen atoms in total. The number of halogens is 3. The highest BCUT2D eigenvalue weighted by Gasteiger charge is 2.44. The zero-order chi connectivity index (χ0) is 23.7. The maximum absolute atomic E-state index is 13.4. The van der Waals surface area contributed by atoms with Gasteiger partial charge in [0.2, 0.25) is 5.91 Å². The minimum atomic E-state index is -4.74. The lowest BCUT2D eigenvalue weighted by molar-refractivity contribution is -0.177. The molecule has 32 heavy (non-hydrogen) atoms. The van der Waals surface area contributed by atoms with E-state index in [1.807, 2.05) is 11.0 Å². The molecule has 0 saturated carbocycles. The van der Waals surface area contributed by atoms with Crippen molar-refractivity contribution in [2.45, 2.75) is 32.4 Å². The Morgan fingerprint density at radius 1 is 1.31 bits per heavy atom. The fourth-order valence-corrected chi connectivity index (χ4v) is 4.34. The summed E-state index contributed by atoms with van der Waals surface area (Å²) in [5.41, 5.74) is -2.07. The highest BCUT2D eigenvalue weighted by Crippen LogP contribution is 2.40. The number of carbonyl (C=O) groups is 1. The number of carbonyl (C=O) groups excluding carboxylic acids is 1. The molecule has 1 amide bonds. The van der Waals surface area contributed by atoms with Crippen LogP contribution < -0.4 is 9.80 Å². The molecular formula is C20H21F3N4O4S. The summed E-state index contributed by atoms with van der Waals surface area (Å²) >= 11 is 0.947. The van der Waals surface area contributed by atoms with Crippen LogP contribution in [0.15, 0.2) is 18.2 Å². The molecule has 172 valence electrons. The number of rotatable bonds is 5. The molecule has 0 atom stereocenters. The normalized spacial score (nSPS) is 14.9. The number of aliphatic hydroxyl groups is 2. The van der Waals surface area contributed by atoms with Crippen molar-refractivity contribution in [3.05, 3.63) is 39.8 Å². The van der Waals surface area contributed by atoms with Gasteiger partial charge in [-0.25, -0.2) is 9.88 Å². The quantitative estimate of drug-likeness (QED) is 0.647. The first-order valence-corrected chi connectivity index (χ1v) is 10.5. The Morgan fingerprint density at radius 3 is 2.50 bits per heavy atom. The van der Waals surface area contributed by atoms with Crippen LogP contribution in [-0.4, -0.2) is 47.4 Å². The van der Waals surface area contributed by atoms with Gasteiger partial charge in [-0.05, 0) is 18.6 Å². The Morgan fingerprint density at radius 2 is 1.94 bits per heavy atom. The molecule has 0 unspecified atom stereocenters. The summed E-state index contributed by atoms with van der Waals surface area (Å²) in [6, 6.07) is 4.80. The van der Waals surface area contributed by atoms with Crippen LogP contribution in [0.25, 0.3) is 0 Å². The number of alkyl halides is 3. The van der Waals surface area contributed by atoms with E-state index in [1.54, 1.807) is 0 Å². The molecule has 1 aromatic carbocycles. The number of hydrogen-bond donors (Lipinski definition) is 2. The van der Waals surface area contributed by atoms with E-state index < -0.39 is 34.7 Å². The lowest BCUT2D eigenvalue weighted by atomic mass is 9.98. The van der Waals surface area contributed by atoms with E-state index in [0.29, 0.717) is 36.3 Å². The van der Waals surface area contributed by atoms with Crippen molar-refractivity contribution in [2.24, 2.45) is 0 Å². The smallest absolute Gasteiger partial charge is 0.378 e. The second kappa shape index (κ2) is 9.03. The van der Waals surface area contributed by atoms with Crippen LogP contribution in [0.4, 0.5) is 24.1 Å². The van der Waals surface area contributed by atoms with Gasteiger partial charge in [0.05, 0.1) is 18.8 Å². The molecule has 1 aliphatic heterocycles. The van der Waals surface area contributed by atoms with Crippen LogP contribution >= 0.6 is 11.3 Å². The monoisotopic (exact) mass is 470 g/mol. The van der Waals surface area contributed by atoms with Crippen LogP contribution in [0.1, 0.15) is 34.9 Å². The SMILES string of the molecule is CCC(=O)N(c1nc(N2CCOCC2)sc1C#N)C(O)(O)c1cccc(C(F)(F)F)c1C. The van der Waals surface area contributed by atoms with E-state index in [-0.39, 0.29) is 17.1 Å². The minimum Gasteiger partial charge on any atom is -0.378 e. The van der Waals surface area contributed by atoms with Crippen LogP contribution in [0.2, 0.25) is 0 Å². The molecule has 1 fully saturated rings. The van der Waals surface area contributed by atoms with Crippen LogP contribution in [0.3, 0.4) is 0 Å². The van der Waals surface area contributed by atoms with Crippen LogP contribution in [-0.2, 0) is 21.6 Å². The van der Waals surface area contributed by atoms with Crippen molar-refractivity contribution in [3.63, 3.8) is 0 Å². The van der Waals surface area contributed by atoms with Gasteiger partial charge in [0.15, 0.2) is 15.8 Å². The molecule has 0 spiro atoms. The van der Waals surface area contributed by atoms with Gasteiger partial charge in [-0.1, -0.05) is 30.4 Å². The predicted molar refractivity (Wildman–Crippen MR) is 110 cm³/mol. The highest BCUT2D eigenvalue weighted by atomic mass is 32.1. The average Bonchev–Trinajstić information content (AvgIpc) is 3.17. The predicted octanol–water partition coefficient (Wildman–Crippen LogP) is 2.72. The third kappa shape index (κ3) is 4.42. The topological polar surface area (TPSA) is 110 Å². The molecular weight excluding hydrogens is 449 g/mol. The number of nitriles is 1. The summed E-state index contributed by atoms with van der Waals surface area (Å²) in [6.07, 6.45) is -4.95. The zero-order valence-electron chi connectivity index (χ0n) is 17.3. The highest BCUT2D eigenvalue weighted by molar-refractivity contribution is 7.16. The third-order valence-corrected chi connectivity index (χ3v) is 6.07. The number of hydrogen-bond acceptors (Lipinski definition) is 8. The Balaban J connectivity index is 2.15. The van der Waals surface area contributed by atoms with E-state index in [1.165, 1.54) is 6.92 Å². The number of aromatic nitrogens is 1. The molecule has 2 aromatic rings. The van der Waals surface area contributed by atoms with Crippen molar-refractivity contribution in [2.75, 3.05) is 36.1 Å². The molecule has 3 rings (SSSR count). The Hall–Kier alpha value is -2.72. The van der Waals surface area contributed by atoms with Gasteiger partial charge in [0.1, 0.15) is 6.07 Å². The first-order chi connectivity index (χ1) is 15.0. The fourth-order valence-electron chi connectivity index (χ4n) is 3.44. The number of thiazole rings is 1. The summed E-state index contributed by atoms with van der Waals surface area (Å²) < 4.78 is 45.4. The second-order valence-corrected chi connectivity index (χ2v) is 8.03. The lowest BCUT2D eigenvalue weighted by Crippen LogP contribution is -2.51. The van der Waals surface area contributed by atoms with E-state index >= 15 is 0 Å². The Kier molecular flexibility index (Phi) is 6.75. The maximum Gasteiger partial charge on any atom is 0.416 e. The number of morpholine rings is 1. The average molecular weight is 470 g/mol. The van der Waals surface area contributed by atoms with Crippen molar-refractivity contribution in [1.29, 1.82) is 5.26 Å². The summed E-state index contributed by atoms with van der Waals surface area (Å²) in [5, 5.41) is 32.0. The molecule has 1 saturated heterocycles. The number of amides is 1. The first-order valence-electron chi connectivity index (χ1n) is 9.71. The molecule has 2 heterocycles. The summed E-state index contributed by atoms with van der Waals surface area (Å²) in [4.78, 5) is 19.3. The molecule has 2 N–H and O–H groups in total. The summed E-state index contributed by atoms with van der Waals surface area (Å²) in [5.74, 6) is -4.34. The molecule has 12 heteroatoms. The van der Waals surface area contributed by atoms with E-state index in [2.05, 4.69) is 4.98 Å². The molecule has 0 aliphatic carbocycles. The van der Waals surface area contributed by atoms with Gasteiger partial charge < -0.3 is 19.8 Å². The van der Waals surface area contributed by atoms with Crippen molar-refractivity contribution < 1.29 is 32.9 Å². The van der Waals surface area contributed by atoms with E-state index in [4.69, 9.17) is 4.74 Å². The molecule has 0 radical (unpaired) electrons. The number of anilines is 2. The maximum atomic E-state index is 13.4. The molecule has 1 aliphatic rings. The van der Waals surface area contributed by atoms with Crippen molar-refractivity contribution in [1.82, 2.24) is 4.98 Å². The Labute approximate surface area is 186 Å². The van der Waals surface area contributed by atoms with Crippen molar-refractivity contribution >= 4 is 28.2 Å². The van der Waals surface area contributed by atoms with Gasteiger partial charge in [-0.2, -0.15) is 18.4 Å². The van der Waals surface area contributed by atoms with Gasteiger partial charge in [-0.3, -0.25) is 4.79 Å². The minimum absolute atomic E-state index is 0.0783. The van der Waals surface area contributed by atoms with Gasteiger partial charge in [0, 0.05) is 25.1 Å². The number of benzene rings is 1. The number of ether oxygens (including phenoxy) is 1. The van der Waals surface area contributed by atoms with Crippen molar-refractivity contribution in [3.8, 4) is 6.07 Å². The van der Waals surface area contributed by atoms with Gasteiger partial charge >= 0.3 is 6.18 Å². The second-order valence-electron chi connectivity index (χ2n) is 7.05. The molecule has 0 bridgehead atoms. The van der Waals surface area contributed by atoms with Gasteiger partial charge in [-0.15, -0.1) is 0 Å². The van der Waals surface area contributed by atoms with Crippen LogP contribution in [0.5, 0.6) is 0 Å². The standard InChI is InChI=1S/C20H21F3N4O4S/c1-3-16(28)27(17-15(11-24)32-18(25-17)26-7-9-31-10-8-26)20(29,30)14-6-4-5-13(12(14)2)19(21,22)23/h4-6,29-30H,3,7-10H2,1-2H3. The fraction of sp³-hybridized carbons (Fsp3) is 0.450. The molecule has 1 aromatic heterocycles. The Bertz CT molecular complexity index is 1040. The van der Waals surface area contributed by atoms with Gasteiger partial charge in [0.25, 0.3) is 5.91 Å². The first kappa shape index (κ1) is 23.9. The van der Waals surface area contributed by atoms with E-state index in [9.17, 15) is 33.4 Å². The number of nitrogens with zero attached hydrogens (tertiary/aromatic N) is 4. The largest absolute Gasteiger partial charge is 0.416 e. The lowest BCUT2D eigenvalue weighted by Gasteiger charge is -2.35. The third-order valence-electron chi connectivity index (χ3n) is 5.06. The summed E-state index contributed by atoms with van der Waals surface area (Å²) in [6.45, 7) is 4.36. The van der Waals surface area contributed by atoms with Crippen LogP contribution in [0, 0.1) is 18.3 Å².